The summed E-state index contributed by atoms with van der Waals surface area (Å²) in [5.41, 5.74) is 1.46. The molecule has 0 fully saturated rings. The molecule has 1 rings (SSSR count). The van der Waals surface area contributed by atoms with E-state index in [-0.39, 0.29) is 57.8 Å². The third-order valence-electron chi connectivity index (χ3n) is 2.72. The molecule has 0 aliphatic carbocycles. The number of rotatable bonds is 7. The molecule has 1 heterocycles. The maximum atomic E-state index is 10.2. The van der Waals surface area contributed by atoms with Crippen molar-refractivity contribution in [2.75, 3.05) is 0 Å². The standard InChI is InChI=1S/C13H20O2S.K/c1-10-9-12(11(2)16-10)7-5-3-4-6-8-13(14)15;/h9H,3-8H2,1-2H3,(H,14,15);/q;+1/p-1. The van der Waals surface area contributed by atoms with Crippen LogP contribution in [0.3, 0.4) is 0 Å². The number of carbonyl (C=O) groups is 1. The molecule has 17 heavy (non-hydrogen) atoms. The Morgan fingerprint density at radius 1 is 1.24 bits per heavy atom. The number of unbranched alkanes of at least 4 members (excludes halogenated alkanes) is 3. The fourth-order valence-electron chi connectivity index (χ4n) is 1.87. The Balaban J connectivity index is 0.00000256. The van der Waals surface area contributed by atoms with Crippen LogP contribution in [0.5, 0.6) is 0 Å². The molecule has 90 valence electrons. The Morgan fingerprint density at radius 2 is 1.88 bits per heavy atom. The number of carbonyl (C=O) groups excluding carboxylic acids is 1. The molecule has 0 aromatic carbocycles. The molecular weight excluding hydrogens is 259 g/mol. The summed E-state index contributed by atoms with van der Waals surface area (Å²) in [4.78, 5) is 13.0. The number of carboxylic acids is 1. The third kappa shape index (κ3) is 7.75. The normalized spacial score (nSPS) is 10.0. The van der Waals surface area contributed by atoms with E-state index >= 15 is 0 Å². The van der Waals surface area contributed by atoms with Crippen LogP contribution in [0.4, 0.5) is 0 Å². The number of hydrogen-bond acceptors (Lipinski definition) is 3. The Kier molecular flexibility index (Phi) is 10.2. The summed E-state index contributed by atoms with van der Waals surface area (Å²) in [5, 5.41) is 10.2. The first-order valence-corrected chi connectivity index (χ1v) is 6.67. The molecule has 0 aliphatic rings. The van der Waals surface area contributed by atoms with Crippen molar-refractivity contribution >= 4 is 17.3 Å². The summed E-state index contributed by atoms with van der Waals surface area (Å²) < 4.78 is 0. The van der Waals surface area contributed by atoms with Gasteiger partial charge in [0.15, 0.2) is 0 Å². The number of aryl methyl sites for hydroxylation is 3. The van der Waals surface area contributed by atoms with Gasteiger partial charge in [0.2, 0.25) is 0 Å². The molecule has 0 aliphatic heterocycles. The van der Waals surface area contributed by atoms with Crippen molar-refractivity contribution in [3.8, 4) is 0 Å². The molecule has 0 saturated heterocycles. The number of hydrogen-bond donors (Lipinski definition) is 0. The second-order valence-electron chi connectivity index (χ2n) is 4.22. The summed E-state index contributed by atoms with van der Waals surface area (Å²) in [6, 6.07) is 2.27. The average molecular weight is 278 g/mol. The quantitative estimate of drug-likeness (QED) is 0.503. The van der Waals surface area contributed by atoms with Crippen LogP contribution in [0.2, 0.25) is 0 Å². The Labute approximate surface area is 150 Å². The summed E-state index contributed by atoms with van der Waals surface area (Å²) in [6.07, 6.45) is 5.35. The van der Waals surface area contributed by atoms with Crippen LogP contribution in [0.1, 0.15) is 47.4 Å². The molecule has 0 spiro atoms. The van der Waals surface area contributed by atoms with Gasteiger partial charge in [0, 0.05) is 15.7 Å². The summed E-state index contributed by atoms with van der Waals surface area (Å²) in [5.74, 6) is -0.927. The van der Waals surface area contributed by atoms with Crippen LogP contribution < -0.4 is 56.5 Å². The van der Waals surface area contributed by atoms with Crippen molar-refractivity contribution in [3.05, 3.63) is 21.4 Å². The average Bonchev–Trinajstić information content (AvgIpc) is 2.50. The topological polar surface area (TPSA) is 40.1 Å². The number of aliphatic carboxylic acids is 1. The largest absolute Gasteiger partial charge is 1.00 e. The van der Waals surface area contributed by atoms with E-state index in [0.717, 1.165) is 32.1 Å². The molecule has 0 amide bonds. The van der Waals surface area contributed by atoms with Crippen LogP contribution in [0.15, 0.2) is 6.07 Å². The van der Waals surface area contributed by atoms with E-state index in [0.29, 0.717) is 0 Å². The molecule has 0 atom stereocenters. The molecule has 0 bridgehead atoms. The second kappa shape index (κ2) is 9.70. The van der Waals surface area contributed by atoms with Gasteiger partial charge in [-0.3, -0.25) is 0 Å². The van der Waals surface area contributed by atoms with Gasteiger partial charge in [0.25, 0.3) is 0 Å². The predicted octanol–water partition coefficient (Wildman–Crippen LogP) is -0.388. The zero-order chi connectivity index (χ0) is 12.0. The van der Waals surface area contributed by atoms with Gasteiger partial charge >= 0.3 is 51.4 Å². The van der Waals surface area contributed by atoms with Crippen LogP contribution in [0.25, 0.3) is 0 Å². The van der Waals surface area contributed by atoms with Gasteiger partial charge in [0.05, 0.1) is 0 Å². The van der Waals surface area contributed by atoms with Crippen molar-refractivity contribution in [1.29, 1.82) is 0 Å². The van der Waals surface area contributed by atoms with Crippen LogP contribution in [0, 0.1) is 13.8 Å². The van der Waals surface area contributed by atoms with Gasteiger partial charge in [-0.1, -0.05) is 12.8 Å². The monoisotopic (exact) mass is 278 g/mol. The van der Waals surface area contributed by atoms with Crippen LogP contribution in [-0.4, -0.2) is 5.97 Å². The van der Waals surface area contributed by atoms with Gasteiger partial charge < -0.3 is 9.90 Å². The van der Waals surface area contributed by atoms with E-state index in [1.807, 2.05) is 11.3 Å². The van der Waals surface area contributed by atoms with Crippen molar-refractivity contribution < 1.29 is 61.3 Å². The maximum Gasteiger partial charge on any atom is 1.00 e. The summed E-state index contributed by atoms with van der Waals surface area (Å²) in [6.45, 7) is 4.31. The number of carboxylic acid groups (broad SMARTS) is 1. The van der Waals surface area contributed by atoms with E-state index in [1.54, 1.807) is 0 Å². The van der Waals surface area contributed by atoms with Gasteiger partial charge in [-0.05, 0) is 51.2 Å². The third-order valence-corrected chi connectivity index (χ3v) is 3.73. The van der Waals surface area contributed by atoms with Crippen LogP contribution in [-0.2, 0) is 11.2 Å². The van der Waals surface area contributed by atoms with E-state index in [2.05, 4.69) is 19.9 Å². The first-order chi connectivity index (χ1) is 7.59. The Hall–Kier alpha value is 0.806. The Bertz CT molecular complexity index is 347. The van der Waals surface area contributed by atoms with E-state index in [9.17, 15) is 9.90 Å². The minimum absolute atomic E-state index is 0. The van der Waals surface area contributed by atoms with Crippen molar-refractivity contribution in [2.24, 2.45) is 0 Å². The zero-order valence-corrected chi connectivity index (χ0v) is 15.0. The van der Waals surface area contributed by atoms with Gasteiger partial charge in [-0.2, -0.15) is 0 Å². The first-order valence-electron chi connectivity index (χ1n) is 5.85. The van der Waals surface area contributed by atoms with Crippen molar-refractivity contribution in [2.45, 2.75) is 52.4 Å². The molecule has 1 aromatic rings. The fraction of sp³-hybridized carbons (Fsp3) is 0.615. The molecule has 2 nitrogen and oxygen atoms in total. The molecule has 0 saturated carbocycles. The SMILES string of the molecule is Cc1cc(CCCCCCC(=O)[O-])c(C)s1.[K+]. The van der Waals surface area contributed by atoms with Crippen molar-refractivity contribution in [3.63, 3.8) is 0 Å². The molecule has 0 radical (unpaired) electrons. The minimum atomic E-state index is -0.927. The van der Waals surface area contributed by atoms with E-state index in [4.69, 9.17) is 0 Å². The van der Waals surface area contributed by atoms with E-state index < -0.39 is 5.97 Å². The Morgan fingerprint density at radius 3 is 2.41 bits per heavy atom. The summed E-state index contributed by atoms with van der Waals surface area (Å²) >= 11 is 1.86. The first kappa shape index (κ1) is 17.8. The van der Waals surface area contributed by atoms with Gasteiger partial charge in [-0.25, -0.2) is 0 Å². The van der Waals surface area contributed by atoms with E-state index in [1.165, 1.54) is 15.3 Å². The zero-order valence-electron chi connectivity index (χ0n) is 11.0. The van der Waals surface area contributed by atoms with Crippen molar-refractivity contribution in [1.82, 2.24) is 0 Å². The molecule has 0 unspecified atom stereocenters. The van der Waals surface area contributed by atoms with Crippen LogP contribution >= 0.6 is 11.3 Å². The summed E-state index contributed by atoms with van der Waals surface area (Å²) in [7, 11) is 0. The second-order valence-corrected chi connectivity index (χ2v) is 5.69. The molecule has 1 aromatic heterocycles. The fourth-order valence-corrected chi connectivity index (χ4v) is 2.85. The molecular formula is C13H19KO2S. The predicted molar refractivity (Wildman–Crippen MR) is 65.6 cm³/mol. The molecule has 0 N–H and O–H groups in total. The maximum absolute atomic E-state index is 10.2. The molecule has 4 heteroatoms. The van der Waals surface area contributed by atoms with Gasteiger partial charge in [-0.15, -0.1) is 11.3 Å². The minimum Gasteiger partial charge on any atom is -0.550 e. The number of thiophene rings is 1. The smallest absolute Gasteiger partial charge is 0.550 e. The van der Waals surface area contributed by atoms with Gasteiger partial charge in [0.1, 0.15) is 0 Å².